The molecular formula is C12H18N2. The smallest absolute Gasteiger partial charge is 0.0415 e. The van der Waals surface area contributed by atoms with Crippen molar-refractivity contribution in [3.8, 4) is 0 Å². The third-order valence-corrected chi connectivity index (χ3v) is 1.71. The topological polar surface area (TPSA) is 15.3 Å². The van der Waals surface area contributed by atoms with E-state index < -0.39 is 0 Å². The molecule has 76 valence electrons. The Bertz CT molecular complexity index is 273. The van der Waals surface area contributed by atoms with Gasteiger partial charge in [0.25, 0.3) is 0 Å². The fourth-order valence-corrected chi connectivity index (χ4v) is 1.17. The molecule has 0 bridgehead atoms. The third kappa shape index (κ3) is 3.62. The molecule has 0 fully saturated rings. The maximum Gasteiger partial charge on any atom is 0.0415 e. The predicted octanol–water partition coefficient (Wildman–Crippen LogP) is 2.35. The van der Waals surface area contributed by atoms with E-state index in [1.54, 1.807) is 0 Å². The SMILES string of the molecule is C1=CNc2ccccc2C1.CN(C)C. The molecule has 0 saturated carbocycles. The van der Waals surface area contributed by atoms with Crippen molar-refractivity contribution in [3.05, 3.63) is 42.1 Å². The van der Waals surface area contributed by atoms with Gasteiger partial charge in [-0.25, -0.2) is 0 Å². The van der Waals surface area contributed by atoms with Crippen molar-refractivity contribution >= 4 is 5.69 Å². The summed E-state index contributed by atoms with van der Waals surface area (Å²) in [6.45, 7) is 0. The highest BCUT2D eigenvalue weighted by molar-refractivity contribution is 5.55. The van der Waals surface area contributed by atoms with E-state index in [9.17, 15) is 0 Å². The number of para-hydroxylation sites is 1. The number of rotatable bonds is 0. The lowest BCUT2D eigenvalue weighted by Crippen LogP contribution is -1.99. The van der Waals surface area contributed by atoms with Gasteiger partial charge in [0.05, 0.1) is 0 Å². The van der Waals surface area contributed by atoms with Gasteiger partial charge in [-0.15, -0.1) is 0 Å². The average Bonchev–Trinajstić information content (AvgIpc) is 2.17. The van der Waals surface area contributed by atoms with Gasteiger partial charge in [-0.05, 0) is 45.4 Å². The Hall–Kier alpha value is -1.28. The van der Waals surface area contributed by atoms with Crippen LogP contribution in [0.3, 0.4) is 0 Å². The molecule has 1 N–H and O–H groups in total. The van der Waals surface area contributed by atoms with Crippen LogP contribution in [0.1, 0.15) is 5.56 Å². The second-order valence-electron chi connectivity index (χ2n) is 3.75. The van der Waals surface area contributed by atoms with Crippen molar-refractivity contribution in [3.63, 3.8) is 0 Å². The highest BCUT2D eigenvalue weighted by atomic mass is 15.0. The number of nitrogens with zero attached hydrogens (tertiary/aromatic N) is 1. The molecule has 2 heteroatoms. The van der Waals surface area contributed by atoms with E-state index in [0.29, 0.717) is 0 Å². The molecule has 0 aromatic heterocycles. The molecule has 0 amide bonds. The van der Waals surface area contributed by atoms with E-state index in [2.05, 4.69) is 29.6 Å². The van der Waals surface area contributed by atoms with Gasteiger partial charge in [0, 0.05) is 5.69 Å². The Morgan fingerprint density at radius 1 is 1.14 bits per heavy atom. The number of hydrogen-bond donors (Lipinski definition) is 1. The number of anilines is 1. The molecule has 0 spiro atoms. The lowest BCUT2D eigenvalue weighted by Gasteiger charge is -2.10. The fraction of sp³-hybridized carbons (Fsp3) is 0.333. The summed E-state index contributed by atoms with van der Waals surface area (Å²) in [6, 6.07) is 8.36. The van der Waals surface area contributed by atoms with Crippen molar-refractivity contribution in [1.29, 1.82) is 0 Å². The van der Waals surface area contributed by atoms with Gasteiger partial charge >= 0.3 is 0 Å². The van der Waals surface area contributed by atoms with E-state index in [1.807, 2.05) is 38.3 Å². The first kappa shape index (κ1) is 10.8. The normalized spacial score (nSPS) is 12.6. The monoisotopic (exact) mass is 190 g/mol. The van der Waals surface area contributed by atoms with E-state index in [-0.39, 0.29) is 0 Å². The van der Waals surface area contributed by atoms with Crippen molar-refractivity contribution < 1.29 is 0 Å². The molecule has 0 aliphatic carbocycles. The minimum atomic E-state index is 1.06. The number of hydrogen-bond acceptors (Lipinski definition) is 2. The molecule has 2 rings (SSSR count). The fourth-order valence-electron chi connectivity index (χ4n) is 1.17. The van der Waals surface area contributed by atoms with Crippen LogP contribution in [0.15, 0.2) is 36.5 Å². The van der Waals surface area contributed by atoms with Crippen LogP contribution in [-0.2, 0) is 6.42 Å². The van der Waals surface area contributed by atoms with Crippen molar-refractivity contribution in [2.45, 2.75) is 6.42 Å². The summed E-state index contributed by atoms with van der Waals surface area (Å²) in [5.41, 5.74) is 2.62. The molecule has 2 nitrogen and oxygen atoms in total. The predicted molar refractivity (Wildman–Crippen MR) is 62.5 cm³/mol. The lowest BCUT2D eigenvalue weighted by atomic mass is 10.1. The van der Waals surface area contributed by atoms with Crippen molar-refractivity contribution in [1.82, 2.24) is 4.90 Å². The van der Waals surface area contributed by atoms with Gasteiger partial charge in [0.2, 0.25) is 0 Å². The number of benzene rings is 1. The Morgan fingerprint density at radius 2 is 1.79 bits per heavy atom. The largest absolute Gasteiger partial charge is 0.362 e. The van der Waals surface area contributed by atoms with Gasteiger partial charge in [0.15, 0.2) is 0 Å². The second kappa shape index (κ2) is 5.45. The molecule has 1 aromatic rings. The molecule has 14 heavy (non-hydrogen) atoms. The number of fused-ring (bicyclic) bond motifs is 1. The van der Waals surface area contributed by atoms with Crippen LogP contribution in [0.5, 0.6) is 0 Å². The lowest BCUT2D eigenvalue weighted by molar-refractivity contribution is 0.505. The summed E-state index contributed by atoms with van der Waals surface area (Å²) in [5, 5.41) is 3.18. The van der Waals surface area contributed by atoms with E-state index in [0.717, 1.165) is 6.42 Å². The van der Waals surface area contributed by atoms with Gasteiger partial charge < -0.3 is 10.2 Å². The molecule has 0 saturated heterocycles. The summed E-state index contributed by atoms with van der Waals surface area (Å²) in [6.07, 6.45) is 5.17. The quantitative estimate of drug-likeness (QED) is 0.675. The zero-order chi connectivity index (χ0) is 10.4. The maximum atomic E-state index is 3.18. The molecule has 1 aliphatic heterocycles. The van der Waals surface area contributed by atoms with E-state index >= 15 is 0 Å². The van der Waals surface area contributed by atoms with Crippen LogP contribution in [0.2, 0.25) is 0 Å². The Labute approximate surface area is 86.2 Å². The minimum absolute atomic E-state index is 1.06. The summed E-state index contributed by atoms with van der Waals surface area (Å²) in [7, 11) is 6.00. The van der Waals surface area contributed by atoms with E-state index in [1.165, 1.54) is 11.3 Å². The van der Waals surface area contributed by atoms with Crippen LogP contribution in [0.4, 0.5) is 5.69 Å². The van der Waals surface area contributed by atoms with Crippen LogP contribution < -0.4 is 5.32 Å². The summed E-state index contributed by atoms with van der Waals surface area (Å²) in [5.74, 6) is 0. The summed E-state index contributed by atoms with van der Waals surface area (Å²) in [4.78, 5) is 2.00. The third-order valence-electron chi connectivity index (χ3n) is 1.71. The molecule has 1 aromatic carbocycles. The van der Waals surface area contributed by atoms with Crippen LogP contribution in [0, 0.1) is 0 Å². The van der Waals surface area contributed by atoms with Crippen LogP contribution >= 0.6 is 0 Å². The van der Waals surface area contributed by atoms with Crippen molar-refractivity contribution in [2.24, 2.45) is 0 Å². The molecular weight excluding hydrogens is 172 g/mol. The highest BCUT2D eigenvalue weighted by Gasteiger charge is 1.99. The van der Waals surface area contributed by atoms with Crippen molar-refractivity contribution in [2.75, 3.05) is 26.5 Å². The molecule has 1 aliphatic rings. The number of nitrogens with one attached hydrogen (secondary N) is 1. The van der Waals surface area contributed by atoms with Crippen LogP contribution in [0.25, 0.3) is 0 Å². The van der Waals surface area contributed by atoms with Gasteiger partial charge in [-0.1, -0.05) is 24.3 Å². The average molecular weight is 190 g/mol. The van der Waals surface area contributed by atoms with Gasteiger partial charge in [-0.2, -0.15) is 0 Å². The van der Waals surface area contributed by atoms with E-state index in [4.69, 9.17) is 0 Å². The first-order valence-corrected chi connectivity index (χ1v) is 4.80. The zero-order valence-electron chi connectivity index (χ0n) is 9.12. The number of allylic oxidation sites excluding steroid dienone is 1. The molecule has 0 unspecified atom stereocenters. The Balaban J connectivity index is 0.000000213. The first-order chi connectivity index (χ1) is 6.70. The van der Waals surface area contributed by atoms with Crippen LogP contribution in [-0.4, -0.2) is 26.0 Å². The standard InChI is InChI=1S/C9H9N.C3H9N/c1-2-6-9-8(4-1)5-3-7-10-9;1-4(2)3/h1-4,6-7,10H,5H2;1-3H3. The summed E-state index contributed by atoms with van der Waals surface area (Å²) < 4.78 is 0. The van der Waals surface area contributed by atoms with Gasteiger partial charge in [-0.3, -0.25) is 0 Å². The maximum absolute atomic E-state index is 3.18. The molecule has 0 radical (unpaired) electrons. The van der Waals surface area contributed by atoms with Gasteiger partial charge in [0.1, 0.15) is 0 Å². The molecule has 0 atom stereocenters. The highest BCUT2D eigenvalue weighted by Crippen LogP contribution is 2.18. The first-order valence-electron chi connectivity index (χ1n) is 4.80. The minimum Gasteiger partial charge on any atom is -0.362 e. The summed E-state index contributed by atoms with van der Waals surface area (Å²) >= 11 is 0. The zero-order valence-corrected chi connectivity index (χ0v) is 9.12. The Kier molecular flexibility index (Phi) is 4.20. The molecule has 1 heterocycles. The Morgan fingerprint density at radius 3 is 2.43 bits per heavy atom. The second-order valence-corrected chi connectivity index (χ2v) is 3.75.